The number of halogens is 1. The van der Waals surface area contributed by atoms with Gasteiger partial charge in [-0.3, -0.25) is 4.90 Å². The zero-order valence-corrected chi connectivity index (χ0v) is 16.7. The lowest BCUT2D eigenvalue weighted by molar-refractivity contribution is 0.0357. The fourth-order valence-corrected chi connectivity index (χ4v) is 3.04. The normalized spacial score (nSPS) is 20.6. The van der Waals surface area contributed by atoms with Gasteiger partial charge >= 0.3 is 0 Å². The summed E-state index contributed by atoms with van der Waals surface area (Å²) in [5.74, 6) is -1.23. The number of methoxy groups -OCH3 is 1. The van der Waals surface area contributed by atoms with Crippen LogP contribution < -0.4 is 14.8 Å². The molecule has 7 nitrogen and oxygen atoms in total. The van der Waals surface area contributed by atoms with Gasteiger partial charge < -0.3 is 19.5 Å². The van der Waals surface area contributed by atoms with E-state index in [9.17, 15) is 4.39 Å². The number of aromatic nitrogens is 2. The van der Waals surface area contributed by atoms with Gasteiger partial charge in [0.15, 0.2) is 11.5 Å². The van der Waals surface area contributed by atoms with Gasteiger partial charge in [0.1, 0.15) is 18.0 Å². The van der Waals surface area contributed by atoms with Crippen LogP contribution in [0.2, 0.25) is 0 Å². The third-order valence-electron chi connectivity index (χ3n) is 4.67. The number of anilines is 2. The number of hydrogen-bond donors (Lipinski definition) is 1. The molecule has 0 atom stereocenters. The highest BCUT2D eigenvalue weighted by Gasteiger charge is 2.13. The minimum Gasteiger partial charge on any atom is -0.493 e. The molecule has 164 valence electrons. The first-order chi connectivity index (χ1) is 18.5. The molecule has 0 bridgehead atoms. The first kappa shape index (κ1) is 12.8. The molecule has 1 saturated heterocycles. The second-order valence-corrected chi connectivity index (χ2v) is 6.77. The van der Waals surface area contributed by atoms with Crippen molar-refractivity contribution in [3.8, 4) is 11.5 Å². The molecule has 0 unspecified atom stereocenters. The Morgan fingerprint density at radius 2 is 2.10 bits per heavy atom. The third-order valence-corrected chi connectivity index (χ3v) is 4.67. The Morgan fingerprint density at radius 1 is 1.23 bits per heavy atom. The largest absolute Gasteiger partial charge is 0.493 e. The van der Waals surface area contributed by atoms with Gasteiger partial charge in [-0.05, 0) is 43.1 Å². The molecule has 1 fully saturated rings. The summed E-state index contributed by atoms with van der Waals surface area (Å²) in [5.41, 5.74) is 1.01. The van der Waals surface area contributed by atoms with Gasteiger partial charge in [-0.25, -0.2) is 14.4 Å². The van der Waals surface area contributed by atoms with E-state index in [1.807, 2.05) is 0 Å². The summed E-state index contributed by atoms with van der Waals surface area (Å²) in [5, 5.41) is 3.21. The average molecular weight is 436 g/mol. The summed E-state index contributed by atoms with van der Waals surface area (Å²) in [6, 6.07) is 6.61. The maximum atomic E-state index is 13.7. The van der Waals surface area contributed by atoms with E-state index in [0.717, 1.165) is 4.90 Å². The number of hydrogen-bond acceptors (Lipinski definition) is 7. The molecule has 0 aliphatic carbocycles. The standard InChI is InChI=1S/C23H27FN4O3/c1-16-12-17(4-5-19(16)24)27-23-18-13-22(21(29-2)14-20(18)25-15-26-23)31-9-3-6-28-7-10-30-11-8-28/h4-5,12-15H,3,6-11H2,1-2H3,(H,25,26,27)/i2D3,3D2,6D2,9D2. The van der Waals surface area contributed by atoms with E-state index in [1.54, 1.807) is 6.92 Å². The molecule has 0 spiro atoms. The number of fused-ring (bicyclic) bond motifs is 1. The number of morpholine rings is 1. The smallest absolute Gasteiger partial charge is 0.162 e. The van der Waals surface area contributed by atoms with E-state index >= 15 is 0 Å². The second kappa shape index (κ2) is 9.89. The number of rotatable bonds is 8. The summed E-state index contributed by atoms with van der Waals surface area (Å²) < 4.78 is 103. The minimum atomic E-state index is -3.33. The molecule has 0 amide bonds. The van der Waals surface area contributed by atoms with Crippen molar-refractivity contribution in [1.29, 1.82) is 0 Å². The van der Waals surface area contributed by atoms with Crippen molar-refractivity contribution in [3.63, 3.8) is 0 Å². The quantitative estimate of drug-likeness (QED) is 0.575. The van der Waals surface area contributed by atoms with Gasteiger partial charge in [0.05, 0.1) is 39.2 Å². The number of nitrogens with zero attached hydrogens (tertiary/aromatic N) is 3. The van der Waals surface area contributed by atoms with Crippen LogP contribution >= 0.6 is 0 Å². The lowest BCUT2D eigenvalue weighted by Gasteiger charge is -2.26. The number of aryl methyl sites for hydroxylation is 1. The summed E-state index contributed by atoms with van der Waals surface area (Å²) >= 11 is 0. The maximum Gasteiger partial charge on any atom is 0.162 e. The van der Waals surface area contributed by atoms with E-state index in [1.165, 1.54) is 36.7 Å². The van der Waals surface area contributed by atoms with Gasteiger partial charge in [0, 0.05) is 42.2 Å². The maximum absolute atomic E-state index is 13.7. The lowest BCUT2D eigenvalue weighted by atomic mass is 10.2. The minimum absolute atomic E-state index is 0.0290. The molecule has 1 aliphatic rings. The van der Waals surface area contributed by atoms with Crippen molar-refractivity contribution in [3.05, 3.63) is 48.0 Å². The van der Waals surface area contributed by atoms with E-state index in [-0.39, 0.29) is 43.0 Å². The summed E-state index contributed by atoms with van der Waals surface area (Å²) in [6.07, 6.45) is -2.07. The van der Waals surface area contributed by atoms with Crippen molar-refractivity contribution in [1.82, 2.24) is 14.9 Å². The van der Waals surface area contributed by atoms with Crippen molar-refractivity contribution in [2.24, 2.45) is 0 Å². The molecule has 0 radical (unpaired) electrons. The Balaban J connectivity index is 1.77. The highest BCUT2D eigenvalue weighted by molar-refractivity contribution is 5.93. The number of ether oxygens (including phenoxy) is 3. The van der Waals surface area contributed by atoms with Crippen LogP contribution in [-0.4, -0.2) is 61.3 Å². The van der Waals surface area contributed by atoms with Crippen molar-refractivity contribution in [2.75, 3.05) is 51.7 Å². The second-order valence-electron chi connectivity index (χ2n) is 6.77. The molecule has 2 heterocycles. The predicted molar refractivity (Wildman–Crippen MR) is 118 cm³/mol. The van der Waals surface area contributed by atoms with Crippen molar-refractivity contribution < 1.29 is 30.9 Å². The third kappa shape index (κ3) is 5.21. The molecule has 31 heavy (non-hydrogen) atoms. The Kier molecular flexibility index (Phi) is 4.08. The molecular formula is C23H27FN4O3. The van der Waals surface area contributed by atoms with E-state index in [2.05, 4.69) is 15.3 Å². The van der Waals surface area contributed by atoms with Gasteiger partial charge in [0.25, 0.3) is 0 Å². The molecule has 4 rings (SSSR count). The van der Waals surface area contributed by atoms with Crippen LogP contribution in [0.25, 0.3) is 10.9 Å². The number of nitrogens with one attached hydrogen (secondary N) is 1. The predicted octanol–water partition coefficient (Wildman–Crippen LogP) is 3.93. The van der Waals surface area contributed by atoms with Gasteiger partial charge in [-0.1, -0.05) is 0 Å². The fraction of sp³-hybridized carbons (Fsp3) is 0.391. The monoisotopic (exact) mass is 435 g/mol. The van der Waals surface area contributed by atoms with E-state index in [0.29, 0.717) is 11.3 Å². The number of benzene rings is 2. The molecule has 1 N–H and O–H groups in total. The van der Waals surface area contributed by atoms with Crippen LogP contribution in [0.4, 0.5) is 15.9 Å². The van der Waals surface area contributed by atoms with Crippen LogP contribution in [0.3, 0.4) is 0 Å². The molecular weight excluding hydrogens is 399 g/mol. The van der Waals surface area contributed by atoms with Crippen molar-refractivity contribution in [2.45, 2.75) is 13.3 Å². The summed E-state index contributed by atoms with van der Waals surface area (Å²) in [6.45, 7) is -4.24. The molecule has 8 heteroatoms. The fourth-order valence-electron chi connectivity index (χ4n) is 3.04. The van der Waals surface area contributed by atoms with Crippen LogP contribution in [-0.2, 0) is 4.74 Å². The highest BCUT2D eigenvalue weighted by atomic mass is 19.1. The average Bonchev–Trinajstić information content (AvgIpc) is 2.86. The Labute approximate surface area is 193 Å². The molecule has 1 aliphatic heterocycles. The lowest BCUT2D eigenvalue weighted by Crippen LogP contribution is -2.37. The Morgan fingerprint density at radius 3 is 2.90 bits per heavy atom. The van der Waals surface area contributed by atoms with Crippen LogP contribution in [0, 0.1) is 12.7 Å². The van der Waals surface area contributed by atoms with Crippen LogP contribution in [0.5, 0.6) is 11.5 Å². The van der Waals surface area contributed by atoms with Gasteiger partial charge in [0.2, 0.25) is 0 Å². The summed E-state index contributed by atoms with van der Waals surface area (Å²) in [7, 11) is -2.99. The van der Waals surface area contributed by atoms with Crippen LogP contribution in [0.15, 0.2) is 36.7 Å². The zero-order valence-electron chi connectivity index (χ0n) is 25.7. The van der Waals surface area contributed by atoms with E-state index < -0.39 is 43.8 Å². The first-order valence-corrected chi connectivity index (χ1v) is 9.55. The summed E-state index contributed by atoms with van der Waals surface area (Å²) in [4.78, 5) is 9.41. The van der Waals surface area contributed by atoms with Crippen molar-refractivity contribution >= 4 is 22.4 Å². The van der Waals surface area contributed by atoms with Crippen LogP contribution in [0.1, 0.15) is 24.3 Å². The van der Waals surface area contributed by atoms with Gasteiger partial charge in [-0.2, -0.15) is 0 Å². The zero-order chi connectivity index (χ0) is 29.5. The highest BCUT2D eigenvalue weighted by Crippen LogP contribution is 2.35. The van der Waals surface area contributed by atoms with Gasteiger partial charge in [-0.15, -0.1) is 0 Å². The molecule has 1 aromatic heterocycles. The Bertz CT molecular complexity index is 1390. The molecule has 2 aromatic carbocycles. The first-order valence-electron chi connectivity index (χ1n) is 14.0. The SMILES string of the molecule is [2H]C([2H])([2H])Oc1cc2ncnc(Nc3ccc(F)c(C)c3)c2cc1OC([2H])([2H])C([2H])([2H])C([2H])([2H])N1CCOCC1. The Hall–Kier alpha value is -2.97. The molecule has 0 saturated carbocycles. The molecule has 3 aromatic rings. The van der Waals surface area contributed by atoms with E-state index in [4.69, 9.17) is 26.5 Å². The topological polar surface area (TPSA) is 68.7 Å².